The summed E-state index contributed by atoms with van der Waals surface area (Å²) in [7, 11) is 0. The number of nitrogens with two attached hydrogens (primary N) is 1. The minimum Gasteiger partial charge on any atom is -0.493 e. The number of hydrogen-bond donors (Lipinski definition) is 2. The van der Waals surface area contributed by atoms with Gasteiger partial charge < -0.3 is 10.5 Å². The standard InChI is InChI=1S/C13H19FN2O/c1-9(2)4-3-7-17-12-6-5-10(14)8-11(12)13(15)16/h5-6,8-9H,3-4,7H2,1-2H3,(H3,15,16). The monoisotopic (exact) mass is 238 g/mol. The lowest BCUT2D eigenvalue weighted by Crippen LogP contribution is -2.14. The van der Waals surface area contributed by atoms with Gasteiger partial charge >= 0.3 is 0 Å². The summed E-state index contributed by atoms with van der Waals surface area (Å²) < 4.78 is 18.5. The van der Waals surface area contributed by atoms with Crippen molar-refractivity contribution in [1.29, 1.82) is 5.41 Å². The highest BCUT2D eigenvalue weighted by Gasteiger charge is 2.08. The van der Waals surface area contributed by atoms with E-state index < -0.39 is 5.82 Å². The van der Waals surface area contributed by atoms with E-state index in [2.05, 4.69) is 13.8 Å². The molecule has 0 aliphatic rings. The molecule has 0 aliphatic carbocycles. The minimum absolute atomic E-state index is 0.177. The van der Waals surface area contributed by atoms with Crippen molar-refractivity contribution >= 4 is 5.84 Å². The Hall–Kier alpha value is -1.58. The van der Waals surface area contributed by atoms with Crippen LogP contribution in [0, 0.1) is 17.1 Å². The van der Waals surface area contributed by atoms with Crippen molar-refractivity contribution in [2.24, 2.45) is 11.7 Å². The second-order valence-corrected chi connectivity index (χ2v) is 4.44. The average Bonchev–Trinajstić information content (AvgIpc) is 2.25. The van der Waals surface area contributed by atoms with Gasteiger partial charge in [-0.1, -0.05) is 13.8 Å². The van der Waals surface area contributed by atoms with Crippen molar-refractivity contribution in [3.05, 3.63) is 29.6 Å². The molecule has 0 heterocycles. The fourth-order valence-electron chi connectivity index (χ4n) is 1.51. The predicted octanol–water partition coefficient (Wildman–Crippen LogP) is 2.92. The van der Waals surface area contributed by atoms with Gasteiger partial charge in [0.25, 0.3) is 0 Å². The number of nitrogens with one attached hydrogen (secondary N) is 1. The molecular weight excluding hydrogens is 219 g/mol. The third kappa shape index (κ3) is 4.43. The van der Waals surface area contributed by atoms with E-state index in [9.17, 15) is 4.39 Å². The maximum absolute atomic E-state index is 13.0. The largest absolute Gasteiger partial charge is 0.493 e. The Bertz CT molecular complexity index is 391. The maximum Gasteiger partial charge on any atom is 0.130 e. The quantitative estimate of drug-likeness (QED) is 0.455. The van der Waals surface area contributed by atoms with Gasteiger partial charge in [-0.2, -0.15) is 0 Å². The SMILES string of the molecule is CC(C)CCCOc1ccc(F)cc1C(=N)N. The number of rotatable bonds is 6. The van der Waals surface area contributed by atoms with E-state index in [1.54, 1.807) is 0 Å². The highest BCUT2D eigenvalue weighted by atomic mass is 19.1. The molecule has 1 aromatic rings. The highest BCUT2D eigenvalue weighted by molar-refractivity contribution is 5.97. The molecular formula is C13H19FN2O. The van der Waals surface area contributed by atoms with Crippen molar-refractivity contribution in [2.45, 2.75) is 26.7 Å². The first kappa shape index (κ1) is 13.5. The Balaban J connectivity index is 2.61. The van der Waals surface area contributed by atoms with Gasteiger partial charge in [0.1, 0.15) is 17.4 Å². The zero-order valence-corrected chi connectivity index (χ0v) is 10.3. The van der Waals surface area contributed by atoms with Crippen molar-refractivity contribution < 1.29 is 9.13 Å². The van der Waals surface area contributed by atoms with E-state index in [-0.39, 0.29) is 5.84 Å². The van der Waals surface area contributed by atoms with Crippen LogP contribution in [-0.4, -0.2) is 12.4 Å². The first-order valence-corrected chi connectivity index (χ1v) is 5.77. The molecule has 0 fully saturated rings. The van der Waals surface area contributed by atoms with Gasteiger partial charge in [-0.15, -0.1) is 0 Å². The Kier molecular flexibility index (Phi) is 4.94. The molecule has 0 saturated carbocycles. The second-order valence-electron chi connectivity index (χ2n) is 4.44. The number of halogens is 1. The van der Waals surface area contributed by atoms with Crippen LogP contribution in [0.15, 0.2) is 18.2 Å². The third-order valence-electron chi connectivity index (χ3n) is 2.42. The average molecular weight is 238 g/mol. The van der Waals surface area contributed by atoms with Crippen LogP contribution < -0.4 is 10.5 Å². The summed E-state index contributed by atoms with van der Waals surface area (Å²) in [5, 5.41) is 7.35. The van der Waals surface area contributed by atoms with Gasteiger partial charge in [-0.05, 0) is 37.0 Å². The van der Waals surface area contributed by atoms with E-state index in [0.717, 1.165) is 12.8 Å². The molecule has 0 aliphatic heterocycles. The molecule has 0 amide bonds. The summed E-state index contributed by atoms with van der Waals surface area (Å²) >= 11 is 0. The van der Waals surface area contributed by atoms with Gasteiger partial charge in [0.15, 0.2) is 0 Å². The molecule has 94 valence electrons. The van der Waals surface area contributed by atoms with Crippen LogP contribution in [-0.2, 0) is 0 Å². The van der Waals surface area contributed by atoms with Crippen molar-refractivity contribution in [2.75, 3.05) is 6.61 Å². The molecule has 0 bridgehead atoms. The van der Waals surface area contributed by atoms with Crippen LogP contribution in [0.4, 0.5) is 4.39 Å². The summed E-state index contributed by atoms with van der Waals surface area (Å²) in [5.74, 6) is 0.523. The van der Waals surface area contributed by atoms with Crippen LogP contribution in [0.25, 0.3) is 0 Å². The normalized spacial score (nSPS) is 10.6. The lowest BCUT2D eigenvalue weighted by atomic mass is 10.1. The van der Waals surface area contributed by atoms with Crippen LogP contribution in [0.2, 0.25) is 0 Å². The van der Waals surface area contributed by atoms with Crippen molar-refractivity contribution in [1.82, 2.24) is 0 Å². The number of ether oxygens (including phenoxy) is 1. The topological polar surface area (TPSA) is 59.1 Å². The molecule has 3 nitrogen and oxygen atoms in total. The van der Waals surface area contributed by atoms with Crippen LogP contribution in [0.5, 0.6) is 5.75 Å². The lowest BCUT2D eigenvalue weighted by Gasteiger charge is -2.11. The number of hydrogen-bond acceptors (Lipinski definition) is 2. The second kappa shape index (κ2) is 6.23. The Labute approximate surface area is 101 Å². The Morgan fingerprint density at radius 2 is 2.18 bits per heavy atom. The van der Waals surface area contributed by atoms with Gasteiger partial charge in [-0.3, -0.25) is 5.41 Å². The van der Waals surface area contributed by atoms with Gasteiger partial charge in [0.2, 0.25) is 0 Å². The molecule has 4 heteroatoms. The molecule has 0 radical (unpaired) electrons. The number of amidine groups is 1. The first-order chi connectivity index (χ1) is 8.00. The van der Waals surface area contributed by atoms with Gasteiger partial charge in [0.05, 0.1) is 12.2 Å². The highest BCUT2D eigenvalue weighted by Crippen LogP contribution is 2.19. The fourth-order valence-corrected chi connectivity index (χ4v) is 1.51. The summed E-state index contributed by atoms with van der Waals surface area (Å²) in [6.07, 6.45) is 2.02. The Morgan fingerprint density at radius 1 is 1.47 bits per heavy atom. The van der Waals surface area contributed by atoms with Crippen LogP contribution in [0.3, 0.4) is 0 Å². The maximum atomic E-state index is 13.0. The molecule has 0 aromatic heterocycles. The van der Waals surface area contributed by atoms with Gasteiger partial charge in [-0.25, -0.2) is 4.39 Å². The zero-order valence-electron chi connectivity index (χ0n) is 10.3. The summed E-state index contributed by atoms with van der Waals surface area (Å²) in [5.41, 5.74) is 5.69. The summed E-state index contributed by atoms with van der Waals surface area (Å²) in [4.78, 5) is 0. The molecule has 1 rings (SSSR count). The number of nitrogen functional groups attached to an aromatic ring is 1. The third-order valence-corrected chi connectivity index (χ3v) is 2.42. The van der Waals surface area contributed by atoms with Gasteiger partial charge in [0, 0.05) is 0 Å². The van der Waals surface area contributed by atoms with Crippen LogP contribution >= 0.6 is 0 Å². The minimum atomic E-state index is -0.412. The van der Waals surface area contributed by atoms with E-state index in [0.29, 0.717) is 23.8 Å². The predicted molar refractivity (Wildman–Crippen MR) is 67.0 cm³/mol. The first-order valence-electron chi connectivity index (χ1n) is 5.77. The smallest absolute Gasteiger partial charge is 0.130 e. The summed E-state index contributed by atoms with van der Waals surface area (Å²) in [6.45, 7) is 4.86. The molecule has 0 spiro atoms. The molecule has 0 atom stereocenters. The van der Waals surface area contributed by atoms with E-state index in [4.69, 9.17) is 15.9 Å². The lowest BCUT2D eigenvalue weighted by molar-refractivity contribution is 0.297. The molecule has 0 saturated heterocycles. The van der Waals surface area contributed by atoms with Crippen molar-refractivity contribution in [3.63, 3.8) is 0 Å². The van der Waals surface area contributed by atoms with Crippen LogP contribution in [0.1, 0.15) is 32.3 Å². The molecule has 1 aromatic carbocycles. The van der Waals surface area contributed by atoms with Crippen molar-refractivity contribution in [3.8, 4) is 5.75 Å². The van der Waals surface area contributed by atoms with E-state index in [1.807, 2.05) is 0 Å². The summed E-state index contributed by atoms with van der Waals surface area (Å²) in [6, 6.07) is 4.05. The molecule has 17 heavy (non-hydrogen) atoms. The number of benzene rings is 1. The van der Waals surface area contributed by atoms with E-state index >= 15 is 0 Å². The molecule has 3 N–H and O–H groups in total. The molecule has 0 unspecified atom stereocenters. The fraction of sp³-hybridized carbons (Fsp3) is 0.462. The zero-order chi connectivity index (χ0) is 12.8. The Morgan fingerprint density at radius 3 is 2.76 bits per heavy atom. The van der Waals surface area contributed by atoms with E-state index in [1.165, 1.54) is 18.2 Å².